The average Bonchev–Trinajstić information content (AvgIpc) is 3.02. The maximum Gasteiger partial charge on any atom is 0.320 e. The van der Waals surface area contributed by atoms with Crippen LogP contribution in [0.5, 0.6) is 5.75 Å². The number of anilines is 1. The Labute approximate surface area is 282 Å². The number of phenolic OH excluding ortho intramolecular Hbond substituents is 1. The molecule has 0 spiro atoms. The lowest BCUT2D eigenvalue weighted by Gasteiger charge is -2.38. The van der Waals surface area contributed by atoms with Crippen LogP contribution < -0.4 is 10.2 Å². The fourth-order valence-electron chi connectivity index (χ4n) is 5.48. The Bertz CT molecular complexity index is 1830. The van der Waals surface area contributed by atoms with Crippen LogP contribution in [0.4, 0.5) is 5.69 Å². The lowest BCUT2D eigenvalue weighted by Crippen LogP contribution is -2.55. The first-order valence-electron chi connectivity index (χ1n) is 15.0. The van der Waals surface area contributed by atoms with E-state index in [0.717, 1.165) is 9.26 Å². The molecular formula is C34H37IN4O6S. The Balaban J connectivity index is 1.43. The van der Waals surface area contributed by atoms with Crippen molar-refractivity contribution in [2.24, 2.45) is 0 Å². The fourth-order valence-corrected chi connectivity index (χ4v) is 7.50. The summed E-state index contributed by atoms with van der Waals surface area (Å²) in [5, 5.41) is 14.4. The lowest BCUT2D eigenvalue weighted by molar-refractivity contribution is -0.153. The predicted molar refractivity (Wildman–Crippen MR) is 185 cm³/mol. The summed E-state index contributed by atoms with van der Waals surface area (Å²) in [5.74, 6) is -1.03. The van der Waals surface area contributed by atoms with Crippen LogP contribution in [0.3, 0.4) is 0 Å². The number of nitrogens with zero attached hydrogens (tertiary/aromatic N) is 3. The van der Waals surface area contributed by atoms with Gasteiger partial charge in [0, 0.05) is 47.0 Å². The third kappa shape index (κ3) is 7.96. The van der Waals surface area contributed by atoms with Crippen LogP contribution in [0.15, 0.2) is 88.9 Å². The van der Waals surface area contributed by atoms with E-state index in [4.69, 9.17) is 4.74 Å². The number of piperazine rings is 1. The van der Waals surface area contributed by atoms with E-state index in [2.05, 4.69) is 49.9 Å². The van der Waals surface area contributed by atoms with Gasteiger partial charge in [-0.15, -0.1) is 0 Å². The Hall–Kier alpha value is -3.75. The van der Waals surface area contributed by atoms with Crippen molar-refractivity contribution in [2.45, 2.75) is 48.8 Å². The molecule has 3 aromatic carbocycles. The van der Waals surface area contributed by atoms with Gasteiger partial charge in [0.15, 0.2) is 5.03 Å². The van der Waals surface area contributed by atoms with Crippen molar-refractivity contribution < 1.29 is 27.9 Å². The van der Waals surface area contributed by atoms with Gasteiger partial charge in [-0.25, -0.2) is 13.4 Å². The summed E-state index contributed by atoms with van der Waals surface area (Å²) in [4.78, 5) is 34.7. The maximum absolute atomic E-state index is 14.1. The van der Waals surface area contributed by atoms with Crippen molar-refractivity contribution in [1.82, 2.24) is 15.2 Å². The first-order valence-corrected chi connectivity index (χ1v) is 17.5. The van der Waals surface area contributed by atoms with Gasteiger partial charge in [-0.3, -0.25) is 14.9 Å². The number of nitrogens with one attached hydrogen (secondary N) is 1. The molecule has 0 bridgehead atoms. The summed E-state index contributed by atoms with van der Waals surface area (Å²) in [6, 6.07) is 20.1. The second-order valence-electron chi connectivity index (χ2n) is 12.1. The quantitative estimate of drug-likeness (QED) is 0.187. The number of fused-ring (bicyclic) bond motifs is 1. The summed E-state index contributed by atoms with van der Waals surface area (Å²) in [6.07, 6.45) is 1.38. The number of esters is 1. The number of rotatable bonds is 9. The van der Waals surface area contributed by atoms with Crippen LogP contribution in [-0.2, 0) is 30.6 Å². The SMILES string of the molecule is CC(C)(C)OC(=O)CNC(Cc1ccc(O)cc1S(=O)(=O)c1nccc2ccccc12)C(=O)N1CCN(c2ccc(I)cc2)CC1. The van der Waals surface area contributed by atoms with Crippen molar-refractivity contribution >= 4 is 60.8 Å². The van der Waals surface area contributed by atoms with E-state index in [1.54, 1.807) is 49.9 Å². The summed E-state index contributed by atoms with van der Waals surface area (Å²) in [5.41, 5.74) is 0.668. The van der Waals surface area contributed by atoms with Crippen molar-refractivity contribution in [3.8, 4) is 5.75 Å². The van der Waals surface area contributed by atoms with Gasteiger partial charge in [0.25, 0.3) is 0 Å². The molecule has 242 valence electrons. The summed E-state index contributed by atoms with van der Waals surface area (Å²) >= 11 is 2.26. The highest BCUT2D eigenvalue weighted by Gasteiger charge is 2.32. The molecule has 1 aliphatic heterocycles. The Morgan fingerprint density at radius 3 is 2.39 bits per heavy atom. The highest BCUT2D eigenvalue weighted by atomic mass is 127. The molecule has 1 aromatic heterocycles. The summed E-state index contributed by atoms with van der Waals surface area (Å²) in [6.45, 7) is 7.18. The van der Waals surface area contributed by atoms with E-state index < -0.39 is 27.4 Å². The van der Waals surface area contributed by atoms with Gasteiger partial charge in [-0.2, -0.15) is 0 Å². The Kier molecular flexibility index (Phi) is 10.2. The Morgan fingerprint density at radius 2 is 1.70 bits per heavy atom. The predicted octanol–water partition coefficient (Wildman–Crippen LogP) is 4.57. The van der Waals surface area contributed by atoms with Crippen molar-refractivity contribution in [2.75, 3.05) is 37.6 Å². The minimum atomic E-state index is -4.23. The van der Waals surface area contributed by atoms with E-state index in [-0.39, 0.29) is 34.5 Å². The molecule has 1 atom stereocenters. The Morgan fingerprint density at radius 1 is 1.00 bits per heavy atom. The summed E-state index contributed by atoms with van der Waals surface area (Å²) in [7, 11) is -4.23. The number of ether oxygens (including phenoxy) is 1. The van der Waals surface area contributed by atoms with E-state index in [0.29, 0.717) is 42.5 Å². The fraction of sp³-hybridized carbons (Fsp3) is 0.324. The number of aromatic nitrogens is 1. The van der Waals surface area contributed by atoms with Crippen LogP contribution >= 0.6 is 22.6 Å². The zero-order valence-corrected chi connectivity index (χ0v) is 28.9. The molecule has 1 fully saturated rings. The first-order chi connectivity index (χ1) is 21.8. The molecule has 1 unspecified atom stereocenters. The number of sulfone groups is 1. The molecule has 0 radical (unpaired) electrons. The van der Waals surface area contributed by atoms with E-state index >= 15 is 0 Å². The summed E-state index contributed by atoms with van der Waals surface area (Å²) < 4.78 is 34.8. The number of aromatic hydroxyl groups is 1. The molecule has 4 aromatic rings. The largest absolute Gasteiger partial charge is 0.508 e. The molecular weight excluding hydrogens is 719 g/mol. The number of amides is 1. The second-order valence-corrected chi connectivity index (χ2v) is 15.2. The van der Waals surface area contributed by atoms with Gasteiger partial charge >= 0.3 is 5.97 Å². The normalized spacial score (nSPS) is 14.7. The number of phenols is 1. The van der Waals surface area contributed by atoms with Crippen LogP contribution in [0.25, 0.3) is 10.8 Å². The number of hydrogen-bond donors (Lipinski definition) is 2. The van der Waals surface area contributed by atoms with Gasteiger partial charge in [-0.05, 0) is 103 Å². The lowest BCUT2D eigenvalue weighted by atomic mass is 10.0. The molecule has 5 rings (SSSR count). The highest BCUT2D eigenvalue weighted by Crippen LogP contribution is 2.31. The average molecular weight is 757 g/mol. The number of benzene rings is 3. The zero-order chi connectivity index (χ0) is 33.1. The van der Waals surface area contributed by atoms with Crippen LogP contribution in [0, 0.1) is 3.57 Å². The van der Waals surface area contributed by atoms with E-state index in [1.807, 2.05) is 18.2 Å². The third-order valence-electron chi connectivity index (χ3n) is 7.65. The minimum Gasteiger partial charge on any atom is -0.508 e. The standard InChI is InChI=1S/C34H37IN4O6S/c1-34(2,3)45-31(41)22-37-29(33(42)39-18-16-38(17-19-39)26-11-9-25(35)10-12-26)20-24-8-13-27(40)21-30(24)46(43,44)32-28-7-5-4-6-23(28)14-15-36-32/h4-15,21,29,37,40H,16-20,22H2,1-3H3. The van der Waals surface area contributed by atoms with Gasteiger partial charge in [0.05, 0.1) is 17.5 Å². The molecule has 2 N–H and O–H groups in total. The van der Waals surface area contributed by atoms with Gasteiger partial charge < -0.3 is 19.6 Å². The van der Waals surface area contributed by atoms with Crippen LogP contribution in [0.1, 0.15) is 26.3 Å². The van der Waals surface area contributed by atoms with Crippen molar-refractivity contribution in [3.05, 3.63) is 88.1 Å². The molecule has 10 nitrogen and oxygen atoms in total. The molecule has 1 amide bonds. The molecule has 1 saturated heterocycles. The molecule has 12 heteroatoms. The monoisotopic (exact) mass is 756 g/mol. The van der Waals surface area contributed by atoms with Gasteiger partial charge in [0.2, 0.25) is 15.7 Å². The minimum absolute atomic E-state index is 0.0570. The molecule has 2 heterocycles. The van der Waals surface area contributed by atoms with Crippen molar-refractivity contribution in [1.29, 1.82) is 0 Å². The van der Waals surface area contributed by atoms with E-state index in [1.165, 1.54) is 24.4 Å². The number of halogens is 1. The van der Waals surface area contributed by atoms with Gasteiger partial charge in [-0.1, -0.05) is 30.3 Å². The molecule has 0 aliphatic carbocycles. The number of hydrogen-bond acceptors (Lipinski definition) is 9. The number of carbonyl (C=O) groups is 2. The van der Waals surface area contributed by atoms with Gasteiger partial charge in [0.1, 0.15) is 11.4 Å². The topological polar surface area (TPSA) is 129 Å². The number of carbonyl (C=O) groups excluding carboxylic acids is 2. The molecule has 46 heavy (non-hydrogen) atoms. The number of pyridine rings is 1. The highest BCUT2D eigenvalue weighted by molar-refractivity contribution is 14.1. The van der Waals surface area contributed by atoms with Crippen LogP contribution in [0.2, 0.25) is 0 Å². The molecule has 1 aliphatic rings. The molecule has 0 saturated carbocycles. The van der Waals surface area contributed by atoms with E-state index in [9.17, 15) is 23.1 Å². The maximum atomic E-state index is 14.1. The van der Waals surface area contributed by atoms with Crippen molar-refractivity contribution in [3.63, 3.8) is 0 Å². The first kappa shape index (κ1) is 33.6. The second kappa shape index (κ2) is 13.9. The zero-order valence-electron chi connectivity index (χ0n) is 25.9. The third-order valence-corrected chi connectivity index (χ3v) is 10.2. The smallest absolute Gasteiger partial charge is 0.320 e. The van der Waals surface area contributed by atoms with Crippen LogP contribution in [-0.4, -0.2) is 79.7 Å².